The third-order valence-corrected chi connectivity index (χ3v) is 1.54. The first kappa shape index (κ1) is 6.99. The first-order valence-electron chi connectivity index (χ1n) is 3.12. The Morgan fingerprint density at radius 1 is 1.70 bits per heavy atom. The molecule has 1 heterocycles. The number of aromatic amines is 1. The maximum Gasteiger partial charge on any atom is 0.130 e. The van der Waals surface area contributed by atoms with E-state index in [-0.39, 0.29) is 0 Å². The summed E-state index contributed by atoms with van der Waals surface area (Å²) in [5, 5.41) is 6.41. The van der Waals surface area contributed by atoms with Gasteiger partial charge in [0.2, 0.25) is 0 Å². The molecule has 10 heavy (non-hydrogen) atoms. The van der Waals surface area contributed by atoms with E-state index in [0.717, 1.165) is 11.8 Å². The molecule has 3 heteroatoms. The molecule has 1 rings (SSSR count). The maximum atomic E-state index is 10.5. The smallest absolute Gasteiger partial charge is 0.130 e. The Bertz CT molecular complexity index is 214. The molecule has 0 aromatic carbocycles. The van der Waals surface area contributed by atoms with E-state index in [0.29, 0.717) is 0 Å². The fraction of sp³-hybridized carbons (Fsp3) is 0.429. The molecule has 0 saturated heterocycles. The molecule has 54 valence electrons. The van der Waals surface area contributed by atoms with Gasteiger partial charge in [-0.2, -0.15) is 5.10 Å². The number of hydrogen-bond donors (Lipinski definition) is 1. The molecule has 0 aliphatic carbocycles. The van der Waals surface area contributed by atoms with Crippen molar-refractivity contribution in [3.8, 4) is 0 Å². The van der Waals surface area contributed by atoms with Crippen molar-refractivity contribution in [2.24, 2.45) is 0 Å². The summed E-state index contributed by atoms with van der Waals surface area (Å²) in [4.78, 5) is 10.5. The highest BCUT2D eigenvalue weighted by Crippen LogP contribution is 2.17. The van der Waals surface area contributed by atoms with Gasteiger partial charge in [0.05, 0.1) is 6.20 Å². The quantitative estimate of drug-likeness (QED) is 0.617. The highest BCUT2D eigenvalue weighted by molar-refractivity contribution is 5.66. The van der Waals surface area contributed by atoms with Crippen LogP contribution >= 0.6 is 0 Å². The number of nitrogens with zero attached hydrogens (tertiary/aromatic N) is 1. The van der Waals surface area contributed by atoms with Gasteiger partial charge in [0, 0.05) is 17.2 Å². The SMILES string of the molecule is CC(C)(C=O)c1cn[nH]c1. The summed E-state index contributed by atoms with van der Waals surface area (Å²) in [6.07, 6.45) is 4.31. The van der Waals surface area contributed by atoms with E-state index in [2.05, 4.69) is 10.2 Å². The van der Waals surface area contributed by atoms with E-state index in [9.17, 15) is 4.79 Å². The number of aldehydes is 1. The minimum absolute atomic E-state index is 0.410. The Hall–Kier alpha value is -1.12. The Labute approximate surface area is 59.4 Å². The van der Waals surface area contributed by atoms with Gasteiger partial charge >= 0.3 is 0 Å². The Morgan fingerprint density at radius 3 is 2.80 bits per heavy atom. The molecular weight excluding hydrogens is 128 g/mol. The lowest BCUT2D eigenvalue weighted by Gasteiger charge is -2.12. The molecule has 1 aromatic heterocycles. The molecule has 0 radical (unpaired) electrons. The summed E-state index contributed by atoms with van der Waals surface area (Å²) in [5.41, 5.74) is 0.509. The maximum absolute atomic E-state index is 10.5. The Kier molecular flexibility index (Phi) is 1.57. The molecule has 1 aromatic rings. The van der Waals surface area contributed by atoms with Gasteiger partial charge in [-0.15, -0.1) is 0 Å². The largest absolute Gasteiger partial charge is 0.302 e. The van der Waals surface area contributed by atoms with Crippen LogP contribution < -0.4 is 0 Å². The Morgan fingerprint density at radius 2 is 2.40 bits per heavy atom. The number of aromatic nitrogens is 2. The second kappa shape index (κ2) is 2.25. The van der Waals surface area contributed by atoms with E-state index in [1.54, 1.807) is 12.4 Å². The van der Waals surface area contributed by atoms with Gasteiger partial charge in [-0.1, -0.05) is 0 Å². The molecule has 0 spiro atoms. The second-order valence-electron chi connectivity index (χ2n) is 2.83. The summed E-state index contributed by atoms with van der Waals surface area (Å²) in [6.45, 7) is 3.70. The summed E-state index contributed by atoms with van der Waals surface area (Å²) < 4.78 is 0. The van der Waals surface area contributed by atoms with Gasteiger partial charge in [-0.25, -0.2) is 0 Å². The molecule has 0 saturated carbocycles. The molecule has 0 amide bonds. The monoisotopic (exact) mass is 138 g/mol. The van der Waals surface area contributed by atoms with E-state index in [1.165, 1.54) is 0 Å². The van der Waals surface area contributed by atoms with Crippen molar-refractivity contribution < 1.29 is 4.79 Å². The van der Waals surface area contributed by atoms with Crippen LogP contribution in [0, 0.1) is 0 Å². The first-order valence-corrected chi connectivity index (χ1v) is 3.12. The zero-order valence-corrected chi connectivity index (χ0v) is 6.09. The zero-order valence-electron chi connectivity index (χ0n) is 6.09. The molecule has 0 aliphatic heterocycles. The van der Waals surface area contributed by atoms with Gasteiger partial charge in [0.15, 0.2) is 0 Å². The average molecular weight is 138 g/mol. The lowest BCUT2D eigenvalue weighted by molar-refractivity contribution is -0.111. The molecule has 1 N–H and O–H groups in total. The number of hydrogen-bond acceptors (Lipinski definition) is 2. The first-order chi connectivity index (χ1) is 4.67. The molecule has 0 aliphatic rings. The van der Waals surface area contributed by atoms with E-state index in [1.807, 2.05) is 13.8 Å². The number of carbonyl (C=O) groups is 1. The standard InChI is InChI=1S/C7H10N2O/c1-7(2,5-10)6-3-8-9-4-6/h3-5H,1-2H3,(H,8,9). The molecule has 0 bridgehead atoms. The lowest BCUT2D eigenvalue weighted by Crippen LogP contribution is -2.17. The minimum Gasteiger partial charge on any atom is -0.302 e. The summed E-state index contributed by atoms with van der Waals surface area (Å²) >= 11 is 0. The third-order valence-electron chi connectivity index (χ3n) is 1.54. The third kappa shape index (κ3) is 1.07. The summed E-state index contributed by atoms with van der Waals surface area (Å²) in [7, 11) is 0. The summed E-state index contributed by atoms with van der Waals surface area (Å²) in [5.74, 6) is 0. The van der Waals surface area contributed by atoms with Crippen molar-refractivity contribution in [3.05, 3.63) is 18.0 Å². The van der Waals surface area contributed by atoms with Crippen molar-refractivity contribution in [3.63, 3.8) is 0 Å². The van der Waals surface area contributed by atoms with E-state index < -0.39 is 5.41 Å². The molecule has 0 unspecified atom stereocenters. The van der Waals surface area contributed by atoms with Crippen molar-refractivity contribution in [2.75, 3.05) is 0 Å². The van der Waals surface area contributed by atoms with Crippen molar-refractivity contribution in [2.45, 2.75) is 19.3 Å². The van der Waals surface area contributed by atoms with Crippen LogP contribution in [0.2, 0.25) is 0 Å². The van der Waals surface area contributed by atoms with Gasteiger partial charge in [-0.05, 0) is 13.8 Å². The van der Waals surface area contributed by atoms with Crippen LogP contribution in [0.4, 0.5) is 0 Å². The van der Waals surface area contributed by atoms with Gasteiger partial charge in [-0.3, -0.25) is 5.10 Å². The number of H-pyrrole nitrogens is 1. The lowest BCUT2D eigenvalue weighted by atomic mass is 9.89. The second-order valence-corrected chi connectivity index (χ2v) is 2.83. The summed E-state index contributed by atoms with van der Waals surface area (Å²) in [6, 6.07) is 0. The van der Waals surface area contributed by atoms with Gasteiger partial charge in [0.25, 0.3) is 0 Å². The normalized spacial score (nSPS) is 11.4. The fourth-order valence-corrected chi connectivity index (χ4v) is 0.671. The average Bonchev–Trinajstić information content (AvgIpc) is 2.38. The molecule has 0 atom stereocenters. The van der Waals surface area contributed by atoms with Gasteiger partial charge < -0.3 is 4.79 Å². The van der Waals surface area contributed by atoms with Crippen LogP contribution in [-0.4, -0.2) is 16.5 Å². The number of carbonyl (C=O) groups excluding carboxylic acids is 1. The molecule has 3 nitrogen and oxygen atoms in total. The van der Waals surface area contributed by atoms with Crippen molar-refractivity contribution >= 4 is 6.29 Å². The van der Waals surface area contributed by atoms with Crippen LogP contribution in [0.25, 0.3) is 0 Å². The number of nitrogens with one attached hydrogen (secondary N) is 1. The molecule has 0 fully saturated rings. The Balaban J connectivity index is 2.95. The minimum atomic E-state index is -0.410. The van der Waals surface area contributed by atoms with Crippen LogP contribution in [0.3, 0.4) is 0 Å². The highest BCUT2D eigenvalue weighted by atomic mass is 16.1. The van der Waals surface area contributed by atoms with E-state index >= 15 is 0 Å². The van der Waals surface area contributed by atoms with Crippen LogP contribution in [0.1, 0.15) is 19.4 Å². The highest BCUT2D eigenvalue weighted by Gasteiger charge is 2.19. The fourth-order valence-electron chi connectivity index (χ4n) is 0.671. The predicted octanol–water partition coefficient (Wildman–Crippen LogP) is 0.886. The van der Waals surface area contributed by atoms with E-state index in [4.69, 9.17) is 0 Å². The van der Waals surface area contributed by atoms with Gasteiger partial charge in [0.1, 0.15) is 6.29 Å². The zero-order chi connectivity index (χ0) is 7.61. The number of rotatable bonds is 2. The van der Waals surface area contributed by atoms with Crippen LogP contribution in [-0.2, 0) is 10.2 Å². The topological polar surface area (TPSA) is 45.8 Å². The molecular formula is C7H10N2O. The van der Waals surface area contributed by atoms with Crippen molar-refractivity contribution in [1.82, 2.24) is 10.2 Å². The van der Waals surface area contributed by atoms with Crippen LogP contribution in [0.5, 0.6) is 0 Å². The van der Waals surface area contributed by atoms with Crippen LogP contribution in [0.15, 0.2) is 12.4 Å². The predicted molar refractivity (Wildman–Crippen MR) is 37.7 cm³/mol. The van der Waals surface area contributed by atoms with Crippen molar-refractivity contribution in [1.29, 1.82) is 0 Å².